The Hall–Kier alpha value is -3.22. The summed E-state index contributed by atoms with van der Waals surface area (Å²) in [5.74, 6) is 3.95. The molecule has 31 heavy (non-hydrogen) atoms. The fourth-order valence-electron chi connectivity index (χ4n) is 3.19. The molecule has 1 aliphatic heterocycles. The van der Waals surface area contributed by atoms with E-state index in [2.05, 4.69) is 22.1 Å². The number of ether oxygens (including phenoxy) is 2. The summed E-state index contributed by atoms with van der Waals surface area (Å²) >= 11 is 0. The molecule has 0 fully saturated rings. The molecule has 9 heteroatoms. The van der Waals surface area contributed by atoms with E-state index in [1.807, 2.05) is 6.92 Å². The van der Waals surface area contributed by atoms with Gasteiger partial charge >= 0.3 is 0 Å². The van der Waals surface area contributed by atoms with Crippen LogP contribution in [-0.2, 0) is 28.2 Å². The van der Waals surface area contributed by atoms with E-state index in [0.717, 1.165) is 0 Å². The maximum absolute atomic E-state index is 13.6. The Bertz CT molecular complexity index is 1110. The van der Waals surface area contributed by atoms with Gasteiger partial charge in [-0.3, -0.25) is 14.2 Å². The number of amides is 1. The van der Waals surface area contributed by atoms with Crippen LogP contribution in [0.2, 0.25) is 0 Å². The molecule has 2 N–H and O–H groups in total. The maximum Gasteiger partial charge on any atom is 0.296 e. The summed E-state index contributed by atoms with van der Waals surface area (Å²) in [6.07, 6.45) is 0. The first-order valence-corrected chi connectivity index (χ1v) is 9.86. The third-order valence-electron chi connectivity index (χ3n) is 4.79. The minimum atomic E-state index is -0.888. The highest BCUT2D eigenvalue weighted by Crippen LogP contribution is 2.27. The number of aromatic hydroxyl groups is 1. The Morgan fingerprint density at radius 2 is 2.23 bits per heavy atom. The lowest BCUT2D eigenvalue weighted by Gasteiger charge is -2.32. The van der Waals surface area contributed by atoms with Crippen LogP contribution in [0.1, 0.15) is 48.2 Å². The predicted octanol–water partition coefficient (Wildman–Crippen LogP) is 1.67. The first-order chi connectivity index (χ1) is 14.7. The van der Waals surface area contributed by atoms with Crippen LogP contribution in [0.15, 0.2) is 23.0 Å². The van der Waals surface area contributed by atoms with Crippen molar-refractivity contribution < 1.29 is 23.8 Å². The average molecular weight is 429 g/mol. The summed E-state index contributed by atoms with van der Waals surface area (Å²) in [5, 5.41) is 12.9. The molecule has 0 saturated heterocycles. The Balaban J connectivity index is 1.84. The van der Waals surface area contributed by atoms with Crippen LogP contribution in [0.25, 0.3) is 0 Å². The van der Waals surface area contributed by atoms with Crippen molar-refractivity contribution in [3.63, 3.8) is 0 Å². The summed E-state index contributed by atoms with van der Waals surface area (Å²) in [6.45, 7) is 6.55. The highest BCUT2D eigenvalue weighted by atomic mass is 19.1. The van der Waals surface area contributed by atoms with Crippen molar-refractivity contribution in [3.8, 4) is 17.6 Å². The van der Waals surface area contributed by atoms with Gasteiger partial charge in [0, 0.05) is 18.7 Å². The molecule has 1 aromatic carbocycles. The molecule has 3 rings (SSSR count). The van der Waals surface area contributed by atoms with Crippen molar-refractivity contribution in [3.05, 3.63) is 57.0 Å². The monoisotopic (exact) mass is 429 g/mol. The molecule has 0 aliphatic carbocycles. The highest BCUT2D eigenvalue weighted by Gasteiger charge is 2.34. The van der Waals surface area contributed by atoms with Gasteiger partial charge in [-0.2, -0.15) is 0 Å². The van der Waals surface area contributed by atoms with E-state index in [-0.39, 0.29) is 31.2 Å². The number of fused-ring (bicyclic) bond motifs is 1. The SMILES string of the molecule is CCOCC#Cc1cc(F)ccc1CNC(=O)c1nc2n(c(=O)c1O)CCOC2(C)C. The molecule has 1 amide bonds. The third kappa shape index (κ3) is 4.93. The highest BCUT2D eigenvalue weighted by molar-refractivity contribution is 5.94. The summed E-state index contributed by atoms with van der Waals surface area (Å²) in [5.41, 5.74) is -1.01. The van der Waals surface area contributed by atoms with Crippen LogP contribution in [0, 0.1) is 17.7 Å². The normalized spacial score (nSPS) is 14.3. The lowest BCUT2D eigenvalue weighted by Crippen LogP contribution is -2.42. The number of halogens is 1. The first-order valence-electron chi connectivity index (χ1n) is 9.86. The first kappa shape index (κ1) is 22.5. The lowest BCUT2D eigenvalue weighted by molar-refractivity contribution is -0.0566. The number of carbonyl (C=O) groups excluding carboxylic acids is 1. The van der Waals surface area contributed by atoms with Crippen LogP contribution in [0.5, 0.6) is 5.75 Å². The second-order valence-electron chi connectivity index (χ2n) is 7.37. The molecule has 0 bridgehead atoms. The summed E-state index contributed by atoms with van der Waals surface area (Å²) in [6, 6.07) is 4.03. The third-order valence-corrected chi connectivity index (χ3v) is 4.79. The Morgan fingerprint density at radius 1 is 1.45 bits per heavy atom. The predicted molar refractivity (Wildman–Crippen MR) is 110 cm³/mol. The van der Waals surface area contributed by atoms with E-state index in [1.54, 1.807) is 13.8 Å². The van der Waals surface area contributed by atoms with Gasteiger partial charge in [-0.05, 0) is 38.5 Å². The van der Waals surface area contributed by atoms with E-state index in [0.29, 0.717) is 24.3 Å². The van der Waals surface area contributed by atoms with E-state index >= 15 is 0 Å². The molecule has 0 radical (unpaired) electrons. The van der Waals surface area contributed by atoms with Crippen molar-refractivity contribution in [1.29, 1.82) is 0 Å². The Kier molecular flexibility index (Phi) is 6.73. The van der Waals surface area contributed by atoms with Gasteiger partial charge < -0.3 is 19.9 Å². The summed E-state index contributed by atoms with van der Waals surface area (Å²) in [7, 11) is 0. The minimum Gasteiger partial charge on any atom is -0.501 e. The van der Waals surface area contributed by atoms with Crippen LogP contribution < -0.4 is 10.9 Å². The summed E-state index contributed by atoms with van der Waals surface area (Å²) in [4.78, 5) is 29.5. The largest absolute Gasteiger partial charge is 0.501 e. The number of benzene rings is 1. The molecule has 0 unspecified atom stereocenters. The van der Waals surface area contributed by atoms with Gasteiger partial charge in [-0.25, -0.2) is 9.37 Å². The van der Waals surface area contributed by atoms with Crippen molar-refractivity contribution in [2.75, 3.05) is 19.8 Å². The zero-order chi connectivity index (χ0) is 22.6. The number of rotatable bonds is 5. The fourth-order valence-corrected chi connectivity index (χ4v) is 3.19. The number of nitrogens with one attached hydrogen (secondary N) is 1. The molecular weight excluding hydrogens is 405 g/mol. The fraction of sp³-hybridized carbons (Fsp3) is 0.409. The van der Waals surface area contributed by atoms with E-state index in [9.17, 15) is 19.1 Å². The molecule has 8 nitrogen and oxygen atoms in total. The van der Waals surface area contributed by atoms with Gasteiger partial charge in [0.25, 0.3) is 11.5 Å². The molecule has 0 atom stereocenters. The standard InChI is InChI=1S/C22H24FN3O5/c1-4-30-10-5-6-14-12-16(23)8-7-15(14)13-24-19(28)17-18(27)20(29)26-9-11-31-22(2,3)21(26)25-17/h7-8,12,27H,4,9-11,13H2,1-3H3,(H,24,28). The number of carbonyl (C=O) groups is 1. The molecule has 1 aliphatic rings. The summed E-state index contributed by atoms with van der Waals surface area (Å²) < 4.78 is 25.7. The molecule has 164 valence electrons. The number of aromatic nitrogens is 2. The Labute approximate surface area is 179 Å². The number of nitrogens with zero attached hydrogens (tertiary/aromatic N) is 2. The van der Waals surface area contributed by atoms with Gasteiger partial charge in [0.05, 0.1) is 13.2 Å². The second-order valence-corrected chi connectivity index (χ2v) is 7.37. The van der Waals surface area contributed by atoms with Crippen molar-refractivity contribution >= 4 is 5.91 Å². The smallest absolute Gasteiger partial charge is 0.296 e. The van der Waals surface area contributed by atoms with Gasteiger partial charge in [-0.1, -0.05) is 17.9 Å². The van der Waals surface area contributed by atoms with E-state index in [4.69, 9.17) is 9.47 Å². The molecular formula is C22H24FN3O5. The topological polar surface area (TPSA) is 103 Å². The zero-order valence-electron chi connectivity index (χ0n) is 17.6. The minimum absolute atomic E-state index is 0.00279. The van der Waals surface area contributed by atoms with Crippen molar-refractivity contribution in [2.45, 2.75) is 39.5 Å². The van der Waals surface area contributed by atoms with Crippen molar-refractivity contribution in [1.82, 2.24) is 14.9 Å². The van der Waals surface area contributed by atoms with Gasteiger partial charge in [0.15, 0.2) is 5.69 Å². The zero-order valence-corrected chi connectivity index (χ0v) is 17.6. The lowest BCUT2D eigenvalue weighted by atomic mass is 10.1. The molecule has 0 saturated carbocycles. The number of hydrogen-bond acceptors (Lipinski definition) is 6. The van der Waals surface area contributed by atoms with Gasteiger partial charge in [-0.15, -0.1) is 0 Å². The van der Waals surface area contributed by atoms with Crippen LogP contribution in [-0.4, -0.2) is 40.4 Å². The van der Waals surface area contributed by atoms with Crippen LogP contribution >= 0.6 is 0 Å². The molecule has 2 heterocycles. The Morgan fingerprint density at radius 3 is 2.97 bits per heavy atom. The quantitative estimate of drug-likeness (QED) is 0.554. The van der Waals surface area contributed by atoms with E-state index < -0.39 is 28.6 Å². The van der Waals surface area contributed by atoms with Gasteiger partial charge in [0.2, 0.25) is 5.75 Å². The number of hydrogen-bond donors (Lipinski definition) is 2. The van der Waals surface area contributed by atoms with Crippen LogP contribution in [0.4, 0.5) is 4.39 Å². The molecule has 2 aromatic rings. The maximum atomic E-state index is 13.6. The van der Waals surface area contributed by atoms with E-state index in [1.165, 1.54) is 22.8 Å². The van der Waals surface area contributed by atoms with Crippen LogP contribution in [0.3, 0.4) is 0 Å². The average Bonchev–Trinajstić information content (AvgIpc) is 2.73. The van der Waals surface area contributed by atoms with Gasteiger partial charge in [0.1, 0.15) is 23.8 Å². The second kappa shape index (κ2) is 9.29. The molecule has 1 aromatic heterocycles. The van der Waals surface area contributed by atoms with Crippen molar-refractivity contribution in [2.24, 2.45) is 0 Å². The molecule has 0 spiro atoms.